The molecule has 1 saturated carbocycles. The molecule has 1 heterocycles. The van der Waals surface area contributed by atoms with Crippen LogP contribution < -0.4 is 16.0 Å². The number of para-hydroxylation sites is 2. The third kappa shape index (κ3) is 3.02. The van der Waals surface area contributed by atoms with Gasteiger partial charge in [-0.1, -0.05) is 25.1 Å². The molecule has 0 radical (unpaired) electrons. The fraction of sp³-hybridized carbons (Fsp3) is 0.364. The molecule has 1 aliphatic carbocycles. The van der Waals surface area contributed by atoms with Crippen LogP contribution >= 0.6 is 0 Å². The number of carbonyl (C=O) groups is 1. The van der Waals surface area contributed by atoms with E-state index in [0.717, 1.165) is 29.8 Å². The lowest BCUT2D eigenvalue weighted by Gasteiger charge is -2.46. The lowest BCUT2D eigenvalue weighted by atomic mass is 9.79. The number of benzene rings is 2. The minimum absolute atomic E-state index is 0.00685. The minimum Gasteiger partial charge on any atom is -0.397 e. The summed E-state index contributed by atoms with van der Waals surface area (Å²) < 4.78 is 0. The summed E-state index contributed by atoms with van der Waals surface area (Å²) in [6.45, 7) is 11.2. The van der Waals surface area contributed by atoms with Crippen LogP contribution in [-0.2, 0) is 4.79 Å². The maximum atomic E-state index is 12.5. The van der Waals surface area contributed by atoms with E-state index < -0.39 is 0 Å². The summed E-state index contributed by atoms with van der Waals surface area (Å²) in [6.07, 6.45) is 2.32. The normalized spacial score (nSPS) is 24.0. The van der Waals surface area contributed by atoms with Gasteiger partial charge in [0.2, 0.25) is 5.91 Å². The quantitative estimate of drug-likeness (QED) is 0.613. The van der Waals surface area contributed by atoms with Crippen molar-refractivity contribution in [1.29, 1.82) is 0 Å². The van der Waals surface area contributed by atoms with E-state index >= 15 is 0 Å². The van der Waals surface area contributed by atoms with Crippen molar-refractivity contribution in [3.05, 3.63) is 59.4 Å². The second-order valence-electron chi connectivity index (χ2n) is 7.64. The highest BCUT2D eigenvalue weighted by molar-refractivity contribution is 5.94. The van der Waals surface area contributed by atoms with Gasteiger partial charge in [-0.25, -0.2) is 4.85 Å². The number of nitrogen functional groups attached to an aromatic ring is 1. The van der Waals surface area contributed by atoms with Crippen molar-refractivity contribution in [2.75, 3.05) is 16.0 Å². The largest absolute Gasteiger partial charge is 0.397 e. The van der Waals surface area contributed by atoms with E-state index in [0.29, 0.717) is 17.3 Å². The maximum absolute atomic E-state index is 12.5. The highest BCUT2D eigenvalue weighted by Crippen LogP contribution is 2.50. The minimum atomic E-state index is -0.00685. The smallest absolute Gasteiger partial charge is 0.224 e. The van der Waals surface area contributed by atoms with Gasteiger partial charge in [-0.05, 0) is 48.6 Å². The van der Waals surface area contributed by atoms with Gasteiger partial charge in [0.15, 0.2) is 5.69 Å². The molecule has 0 saturated heterocycles. The number of carbonyl (C=O) groups excluding carboxylic acids is 1. The zero-order chi connectivity index (χ0) is 19.1. The van der Waals surface area contributed by atoms with Crippen LogP contribution in [0.2, 0.25) is 0 Å². The molecule has 0 unspecified atom stereocenters. The van der Waals surface area contributed by atoms with Crippen molar-refractivity contribution in [3.8, 4) is 0 Å². The fourth-order valence-corrected chi connectivity index (χ4v) is 4.42. The van der Waals surface area contributed by atoms with E-state index in [2.05, 4.69) is 17.1 Å². The molecular formula is C22H24N4O. The second kappa shape index (κ2) is 6.62. The Morgan fingerprint density at radius 2 is 2.00 bits per heavy atom. The Bertz CT molecular complexity index is 928. The molecule has 0 spiro atoms. The van der Waals surface area contributed by atoms with E-state index in [9.17, 15) is 4.79 Å². The Kier molecular flexibility index (Phi) is 4.27. The molecule has 2 aliphatic rings. The average molecular weight is 360 g/mol. The second-order valence-corrected chi connectivity index (χ2v) is 7.64. The van der Waals surface area contributed by atoms with E-state index in [1.165, 1.54) is 0 Å². The Balaban J connectivity index is 1.84. The van der Waals surface area contributed by atoms with Crippen LogP contribution in [0.3, 0.4) is 0 Å². The Morgan fingerprint density at radius 3 is 2.63 bits per heavy atom. The van der Waals surface area contributed by atoms with E-state index in [1.54, 1.807) is 13.0 Å². The lowest BCUT2D eigenvalue weighted by Crippen LogP contribution is -2.51. The molecule has 0 aromatic heterocycles. The van der Waals surface area contributed by atoms with Gasteiger partial charge in [-0.3, -0.25) is 4.79 Å². The van der Waals surface area contributed by atoms with Crippen molar-refractivity contribution in [2.45, 2.75) is 38.8 Å². The number of nitrogens with one attached hydrogen (secondary N) is 1. The summed E-state index contributed by atoms with van der Waals surface area (Å²) in [7, 11) is 0. The maximum Gasteiger partial charge on any atom is 0.224 e. The zero-order valence-electron chi connectivity index (χ0n) is 15.6. The third-order valence-electron chi connectivity index (χ3n) is 5.81. The van der Waals surface area contributed by atoms with Crippen LogP contribution in [0, 0.1) is 18.4 Å². The van der Waals surface area contributed by atoms with Crippen molar-refractivity contribution in [1.82, 2.24) is 0 Å². The van der Waals surface area contributed by atoms with Crippen LogP contribution in [0.25, 0.3) is 4.85 Å². The fourth-order valence-electron chi connectivity index (χ4n) is 4.42. The van der Waals surface area contributed by atoms with Gasteiger partial charge in [0.05, 0.1) is 24.0 Å². The van der Waals surface area contributed by atoms with Gasteiger partial charge in [-0.15, -0.1) is 0 Å². The van der Waals surface area contributed by atoms with E-state index in [-0.39, 0.29) is 23.9 Å². The summed E-state index contributed by atoms with van der Waals surface area (Å²) >= 11 is 0. The molecule has 138 valence electrons. The number of anilines is 3. The van der Waals surface area contributed by atoms with Crippen molar-refractivity contribution in [2.24, 2.45) is 11.8 Å². The molecule has 2 aromatic rings. The zero-order valence-corrected chi connectivity index (χ0v) is 15.6. The van der Waals surface area contributed by atoms with Crippen molar-refractivity contribution < 1.29 is 4.79 Å². The van der Waals surface area contributed by atoms with Crippen LogP contribution in [0.5, 0.6) is 0 Å². The molecule has 1 amide bonds. The molecule has 1 fully saturated rings. The average Bonchev–Trinajstić information content (AvgIpc) is 3.49. The number of amides is 1. The summed E-state index contributed by atoms with van der Waals surface area (Å²) in [6, 6.07) is 13.5. The highest BCUT2D eigenvalue weighted by atomic mass is 16.2. The van der Waals surface area contributed by atoms with E-state index in [1.807, 2.05) is 41.3 Å². The first kappa shape index (κ1) is 17.4. The molecule has 3 N–H and O–H groups in total. The first-order valence-corrected chi connectivity index (χ1v) is 9.43. The molecule has 2 aromatic carbocycles. The number of hydrogen-bond donors (Lipinski definition) is 2. The van der Waals surface area contributed by atoms with Crippen molar-refractivity contribution >= 4 is 28.7 Å². The third-order valence-corrected chi connectivity index (χ3v) is 5.81. The Hall–Kier alpha value is -3.00. The Labute approximate surface area is 160 Å². The molecule has 0 bridgehead atoms. The standard InChI is InChI=1S/C22H24N4O/c1-13-21(25-19-7-5-4-6-18(19)23)17-12-16(24-3)10-11-20(17)26(14(2)27)22(13)15-8-9-15/h4-7,10-13,15,21-22,25H,8-9,23H2,1-2H3/t13-,21-,22-/m1/s1. The van der Waals surface area contributed by atoms with Gasteiger partial charge in [0.1, 0.15) is 0 Å². The molecular weight excluding hydrogens is 336 g/mol. The van der Waals surface area contributed by atoms with Gasteiger partial charge in [0, 0.05) is 24.6 Å². The topological polar surface area (TPSA) is 62.7 Å². The van der Waals surface area contributed by atoms with Gasteiger partial charge >= 0.3 is 0 Å². The number of nitrogens with two attached hydrogens (primary N) is 1. The SMILES string of the molecule is [C-]#[N+]c1ccc2c(c1)[C@H](Nc1ccccc1N)[C@@H](C)[C@H](C1CC1)N2C(C)=O. The number of fused-ring (bicyclic) bond motifs is 1. The number of hydrogen-bond acceptors (Lipinski definition) is 3. The lowest BCUT2D eigenvalue weighted by molar-refractivity contribution is -0.117. The summed E-state index contributed by atoms with van der Waals surface area (Å²) in [5.74, 6) is 0.803. The molecule has 1 aliphatic heterocycles. The molecule has 4 rings (SSSR count). The van der Waals surface area contributed by atoms with Gasteiger partial charge in [0.25, 0.3) is 0 Å². The Morgan fingerprint density at radius 1 is 1.26 bits per heavy atom. The summed E-state index contributed by atoms with van der Waals surface area (Å²) in [4.78, 5) is 18.1. The van der Waals surface area contributed by atoms with Crippen LogP contribution in [0.1, 0.15) is 38.3 Å². The molecule has 5 nitrogen and oxygen atoms in total. The van der Waals surface area contributed by atoms with Crippen LogP contribution in [0.4, 0.5) is 22.7 Å². The van der Waals surface area contributed by atoms with Gasteiger partial charge in [-0.2, -0.15) is 0 Å². The number of nitrogens with zero attached hydrogens (tertiary/aromatic N) is 2. The first-order valence-electron chi connectivity index (χ1n) is 9.43. The summed E-state index contributed by atoms with van der Waals surface area (Å²) in [5.41, 5.74) is 10.2. The summed E-state index contributed by atoms with van der Waals surface area (Å²) in [5, 5.41) is 3.61. The van der Waals surface area contributed by atoms with Crippen LogP contribution in [0.15, 0.2) is 42.5 Å². The predicted octanol–water partition coefficient (Wildman–Crippen LogP) is 4.75. The number of rotatable bonds is 3. The van der Waals surface area contributed by atoms with Crippen molar-refractivity contribution in [3.63, 3.8) is 0 Å². The molecule has 27 heavy (non-hydrogen) atoms. The molecule has 5 heteroatoms. The van der Waals surface area contributed by atoms with Crippen LogP contribution in [-0.4, -0.2) is 11.9 Å². The predicted molar refractivity (Wildman–Crippen MR) is 109 cm³/mol. The monoisotopic (exact) mass is 360 g/mol. The van der Waals surface area contributed by atoms with E-state index in [4.69, 9.17) is 12.3 Å². The van der Waals surface area contributed by atoms with Gasteiger partial charge < -0.3 is 16.0 Å². The molecule has 3 atom stereocenters. The first-order chi connectivity index (χ1) is 13.0. The highest BCUT2D eigenvalue weighted by Gasteiger charge is 2.47.